The van der Waals surface area contributed by atoms with E-state index in [4.69, 9.17) is 17.3 Å². The number of nitrogens with zero attached hydrogens (tertiary/aromatic N) is 2. The summed E-state index contributed by atoms with van der Waals surface area (Å²) in [5, 5.41) is 10.8. The largest absolute Gasteiger partial charge is 0.480 e. The highest BCUT2D eigenvalue weighted by Gasteiger charge is 2.21. The van der Waals surface area contributed by atoms with E-state index in [0.717, 1.165) is 10.9 Å². The van der Waals surface area contributed by atoms with Crippen molar-refractivity contribution in [1.29, 1.82) is 0 Å². The first-order valence-corrected chi connectivity index (χ1v) is 6.55. The summed E-state index contributed by atoms with van der Waals surface area (Å²) in [6.07, 6.45) is 0. The number of carboxylic acids is 1. The summed E-state index contributed by atoms with van der Waals surface area (Å²) in [7, 11) is 0. The van der Waals surface area contributed by atoms with Crippen LogP contribution in [-0.2, 0) is 9.59 Å². The molecule has 0 bridgehead atoms. The third-order valence-electron chi connectivity index (χ3n) is 2.19. The fourth-order valence-corrected chi connectivity index (χ4v) is 2.52. The van der Waals surface area contributed by atoms with E-state index < -0.39 is 5.97 Å². The van der Waals surface area contributed by atoms with Gasteiger partial charge in [-0.3, -0.25) is 14.5 Å². The molecule has 0 spiro atoms. The molecule has 96 valence electrons. The van der Waals surface area contributed by atoms with Crippen LogP contribution >= 0.6 is 24.0 Å². The molecule has 1 amide bonds. The van der Waals surface area contributed by atoms with E-state index in [1.165, 1.54) is 11.8 Å². The molecule has 8 heteroatoms. The van der Waals surface area contributed by atoms with Gasteiger partial charge in [0.25, 0.3) is 0 Å². The lowest BCUT2D eigenvalue weighted by Gasteiger charge is -2.35. The zero-order valence-electron chi connectivity index (χ0n) is 9.51. The van der Waals surface area contributed by atoms with Gasteiger partial charge < -0.3 is 15.3 Å². The zero-order valence-corrected chi connectivity index (χ0v) is 11.1. The van der Waals surface area contributed by atoms with Crippen molar-refractivity contribution in [2.24, 2.45) is 0 Å². The molecule has 0 aromatic heterocycles. The lowest BCUT2D eigenvalue weighted by Crippen LogP contribution is -2.48. The van der Waals surface area contributed by atoms with Gasteiger partial charge in [0.2, 0.25) is 5.91 Å². The molecular weight excluding hydrogens is 262 g/mol. The van der Waals surface area contributed by atoms with Gasteiger partial charge in [0.1, 0.15) is 10.9 Å². The number of aliphatic carboxylic acids is 1. The van der Waals surface area contributed by atoms with Crippen LogP contribution in [0.25, 0.3) is 0 Å². The Labute approximate surface area is 109 Å². The normalized spacial score (nSPS) is 17.0. The summed E-state index contributed by atoms with van der Waals surface area (Å²) in [5.41, 5.74) is 0. The Morgan fingerprint density at radius 3 is 2.88 bits per heavy atom. The number of hydrogen-bond donors (Lipinski definition) is 2. The number of carbonyl (C=O) groups is 2. The Kier molecular flexibility index (Phi) is 5.66. The van der Waals surface area contributed by atoms with E-state index in [0.29, 0.717) is 12.5 Å². The smallest absolute Gasteiger partial charge is 0.322 e. The lowest BCUT2D eigenvalue weighted by molar-refractivity contribution is -0.138. The molecular formula is C9H15N3O3S2. The molecule has 0 aliphatic carbocycles. The molecule has 0 saturated carbocycles. The molecule has 1 rings (SSSR count). The maximum atomic E-state index is 11.4. The van der Waals surface area contributed by atoms with Crippen molar-refractivity contribution in [3.05, 3.63) is 0 Å². The fourth-order valence-electron chi connectivity index (χ4n) is 1.34. The van der Waals surface area contributed by atoms with E-state index in [1.54, 1.807) is 0 Å². The minimum absolute atomic E-state index is 0.194. The van der Waals surface area contributed by atoms with Crippen molar-refractivity contribution < 1.29 is 14.7 Å². The summed E-state index contributed by atoms with van der Waals surface area (Å²) in [5.74, 6) is -0.657. The second kappa shape index (κ2) is 6.77. The molecule has 1 aliphatic rings. The van der Waals surface area contributed by atoms with E-state index in [-0.39, 0.29) is 19.0 Å². The highest BCUT2D eigenvalue weighted by atomic mass is 32.2. The molecule has 1 heterocycles. The van der Waals surface area contributed by atoms with E-state index in [1.807, 2.05) is 16.7 Å². The maximum absolute atomic E-state index is 11.4. The standard InChI is InChI=1S/C9H15N3O3S2/c1-2-12-5-11(6-17-9(12)16)4-7(13)10-3-8(14)15/h2-6H2,1H3,(H,10,13)(H,14,15). The highest BCUT2D eigenvalue weighted by Crippen LogP contribution is 2.17. The average molecular weight is 277 g/mol. The van der Waals surface area contributed by atoms with Crippen molar-refractivity contribution in [2.75, 3.05) is 32.2 Å². The molecule has 0 unspecified atom stereocenters. The summed E-state index contributed by atoms with van der Waals surface area (Å²) in [6, 6.07) is 0. The summed E-state index contributed by atoms with van der Waals surface area (Å²) < 4.78 is 0.842. The van der Waals surface area contributed by atoms with Gasteiger partial charge in [0.05, 0.1) is 19.1 Å². The minimum atomic E-state index is -1.04. The van der Waals surface area contributed by atoms with Crippen LogP contribution in [0.4, 0.5) is 0 Å². The fraction of sp³-hybridized carbons (Fsp3) is 0.667. The van der Waals surface area contributed by atoms with Gasteiger partial charge in [-0.05, 0) is 6.92 Å². The van der Waals surface area contributed by atoms with Gasteiger partial charge in [0.15, 0.2) is 0 Å². The van der Waals surface area contributed by atoms with E-state index >= 15 is 0 Å². The highest BCUT2D eigenvalue weighted by molar-refractivity contribution is 8.22. The summed E-state index contributed by atoms with van der Waals surface area (Å²) in [6.45, 7) is 3.28. The average Bonchev–Trinajstić information content (AvgIpc) is 2.29. The first-order valence-electron chi connectivity index (χ1n) is 5.15. The van der Waals surface area contributed by atoms with Crippen LogP contribution in [0.3, 0.4) is 0 Å². The second-order valence-corrected chi connectivity index (χ2v) is 5.11. The van der Waals surface area contributed by atoms with Gasteiger partial charge in [-0.1, -0.05) is 24.0 Å². The first-order chi connectivity index (χ1) is 8.02. The zero-order chi connectivity index (χ0) is 12.8. The van der Waals surface area contributed by atoms with Crippen molar-refractivity contribution in [3.63, 3.8) is 0 Å². The Morgan fingerprint density at radius 2 is 2.29 bits per heavy atom. The quantitative estimate of drug-likeness (QED) is 0.672. The van der Waals surface area contributed by atoms with Crippen molar-refractivity contribution in [1.82, 2.24) is 15.1 Å². The van der Waals surface area contributed by atoms with Gasteiger partial charge in [-0.15, -0.1) is 0 Å². The monoisotopic (exact) mass is 277 g/mol. The topological polar surface area (TPSA) is 72.9 Å². The summed E-state index contributed by atoms with van der Waals surface area (Å²) in [4.78, 5) is 25.6. The number of carbonyl (C=O) groups excluding carboxylic acids is 1. The van der Waals surface area contributed by atoms with Gasteiger partial charge in [-0.2, -0.15) is 0 Å². The number of rotatable bonds is 5. The number of hydrogen-bond acceptors (Lipinski definition) is 5. The van der Waals surface area contributed by atoms with Gasteiger partial charge in [0, 0.05) is 6.54 Å². The van der Waals surface area contributed by atoms with Crippen LogP contribution in [0.5, 0.6) is 0 Å². The Hall–Kier alpha value is -0.860. The molecule has 1 saturated heterocycles. The molecule has 17 heavy (non-hydrogen) atoms. The Morgan fingerprint density at radius 1 is 1.59 bits per heavy atom. The predicted molar refractivity (Wildman–Crippen MR) is 69.7 cm³/mol. The van der Waals surface area contributed by atoms with E-state index in [9.17, 15) is 9.59 Å². The molecule has 0 aromatic rings. The molecule has 1 aliphatic heterocycles. The molecule has 0 radical (unpaired) electrons. The second-order valence-electron chi connectivity index (χ2n) is 3.54. The number of carboxylic acid groups (broad SMARTS) is 1. The first kappa shape index (κ1) is 14.2. The SMILES string of the molecule is CCN1CN(CC(=O)NCC(=O)O)CSC1=S. The van der Waals surface area contributed by atoms with Crippen LogP contribution in [0.15, 0.2) is 0 Å². The van der Waals surface area contributed by atoms with Crippen molar-refractivity contribution in [3.8, 4) is 0 Å². The molecule has 0 atom stereocenters. The van der Waals surface area contributed by atoms with Gasteiger partial charge >= 0.3 is 5.97 Å². The lowest BCUT2D eigenvalue weighted by atomic mass is 10.5. The van der Waals surface area contributed by atoms with E-state index in [2.05, 4.69) is 5.32 Å². The van der Waals surface area contributed by atoms with Gasteiger partial charge in [-0.25, -0.2) is 0 Å². The Balaban J connectivity index is 2.34. The maximum Gasteiger partial charge on any atom is 0.322 e. The number of thioether (sulfide) groups is 1. The van der Waals surface area contributed by atoms with Crippen molar-refractivity contribution >= 4 is 40.2 Å². The van der Waals surface area contributed by atoms with Crippen LogP contribution in [0.1, 0.15) is 6.92 Å². The molecule has 1 fully saturated rings. The van der Waals surface area contributed by atoms with Crippen LogP contribution in [-0.4, -0.2) is 63.3 Å². The third-order valence-corrected chi connectivity index (χ3v) is 3.80. The third kappa shape index (κ3) is 4.88. The molecule has 0 aromatic carbocycles. The molecule has 6 nitrogen and oxygen atoms in total. The van der Waals surface area contributed by atoms with Crippen LogP contribution in [0.2, 0.25) is 0 Å². The number of thiocarbonyl (C=S) groups is 1. The molecule has 2 N–H and O–H groups in total. The Bertz CT molecular complexity index is 325. The minimum Gasteiger partial charge on any atom is -0.480 e. The number of nitrogens with one attached hydrogen (secondary N) is 1. The summed E-state index contributed by atoms with van der Waals surface area (Å²) >= 11 is 6.67. The van der Waals surface area contributed by atoms with Crippen LogP contribution < -0.4 is 5.32 Å². The van der Waals surface area contributed by atoms with Crippen molar-refractivity contribution in [2.45, 2.75) is 6.92 Å². The predicted octanol–water partition coefficient (Wildman–Crippen LogP) is -0.242. The number of amides is 1. The van der Waals surface area contributed by atoms with Crippen LogP contribution in [0, 0.1) is 0 Å².